The maximum atomic E-state index is 11.6. The highest BCUT2D eigenvalue weighted by atomic mass is 16.3. The van der Waals surface area contributed by atoms with E-state index in [0.717, 1.165) is 12.8 Å². The minimum absolute atomic E-state index is 0.196. The summed E-state index contributed by atoms with van der Waals surface area (Å²) in [6.07, 6.45) is 0.972. The highest BCUT2D eigenvalue weighted by Crippen LogP contribution is 2.16. The molecule has 2 nitrogen and oxygen atoms in total. The van der Waals surface area contributed by atoms with Crippen molar-refractivity contribution in [2.24, 2.45) is 0 Å². The Labute approximate surface area is 84.6 Å². The van der Waals surface area contributed by atoms with E-state index >= 15 is 0 Å². The molecule has 0 aliphatic carbocycles. The number of carbonyl (C=O) groups excluding carboxylic acids is 1. The molecule has 0 saturated heterocycles. The Morgan fingerprint density at radius 1 is 1.29 bits per heavy atom. The van der Waals surface area contributed by atoms with Gasteiger partial charge in [-0.2, -0.15) is 0 Å². The molecule has 0 fully saturated rings. The van der Waals surface area contributed by atoms with Gasteiger partial charge in [-0.25, -0.2) is 5.11 Å². The van der Waals surface area contributed by atoms with Gasteiger partial charge >= 0.3 is 0 Å². The lowest BCUT2D eigenvalue weighted by molar-refractivity contribution is -0.130. The first kappa shape index (κ1) is 10.9. The first-order valence-corrected chi connectivity index (χ1v) is 4.99. The minimum atomic E-state index is -1.19. The third kappa shape index (κ3) is 2.96. The standard InChI is InChI=1S/C12H15O2/c1-2-3-9-11(13)12(14)10-7-5-4-6-8-10/h4-8,12H,2-3,9H2,1H3. The zero-order chi connectivity index (χ0) is 10.4. The number of hydrogen-bond donors (Lipinski definition) is 0. The van der Waals surface area contributed by atoms with Crippen molar-refractivity contribution >= 4 is 5.78 Å². The van der Waals surface area contributed by atoms with Gasteiger partial charge in [-0.1, -0.05) is 43.7 Å². The second kappa shape index (κ2) is 5.55. The molecule has 0 heterocycles. The monoisotopic (exact) mass is 191 g/mol. The summed E-state index contributed by atoms with van der Waals surface area (Å²) < 4.78 is 0. The maximum Gasteiger partial charge on any atom is 0.176 e. The molecule has 0 aliphatic rings. The van der Waals surface area contributed by atoms with E-state index in [1.807, 2.05) is 13.0 Å². The molecule has 14 heavy (non-hydrogen) atoms. The number of benzene rings is 1. The number of unbranched alkanes of at least 4 members (excludes halogenated alkanes) is 1. The van der Waals surface area contributed by atoms with Crippen LogP contribution < -0.4 is 0 Å². The van der Waals surface area contributed by atoms with Gasteiger partial charge in [0.25, 0.3) is 0 Å². The summed E-state index contributed by atoms with van der Waals surface area (Å²) in [6, 6.07) is 8.83. The Kier molecular flexibility index (Phi) is 4.33. The van der Waals surface area contributed by atoms with Crippen LogP contribution in [0.3, 0.4) is 0 Å². The summed E-state index contributed by atoms with van der Waals surface area (Å²) in [5.74, 6) is -0.196. The zero-order valence-electron chi connectivity index (χ0n) is 8.40. The van der Waals surface area contributed by atoms with Gasteiger partial charge in [0.15, 0.2) is 11.9 Å². The van der Waals surface area contributed by atoms with E-state index in [1.165, 1.54) is 0 Å². The summed E-state index contributed by atoms with van der Waals surface area (Å²) in [7, 11) is 0. The van der Waals surface area contributed by atoms with Crippen molar-refractivity contribution in [3.63, 3.8) is 0 Å². The van der Waals surface area contributed by atoms with Crippen molar-refractivity contribution in [2.75, 3.05) is 0 Å². The van der Waals surface area contributed by atoms with Crippen LogP contribution in [0, 0.1) is 0 Å². The Balaban J connectivity index is 2.57. The van der Waals surface area contributed by atoms with Crippen LogP contribution in [0.4, 0.5) is 0 Å². The molecule has 0 amide bonds. The molecule has 0 saturated carbocycles. The predicted molar refractivity (Wildman–Crippen MR) is 54.4 cm³/mol. The molecule has 0 spiro atoms. The third-order valence-corrected chi connectivity index (χ3v) is 2.17. The largest absolute Gasteiger partial charge is 0.296 e. The fourth-order valence-electron chi connectivity index (χ4n) is 1.30. The third-order valence-electron chi connectivity index (χ3n) is 2.17. The summed E-state index contributed by atoms with van der Waals surface area (Å²) in [5.41, 5.74) is 0.577. The van der Waals surface area contributed by atoms with E-state index in [1.54, 1.807) is 24.3 Å². The zero-order valence-corrected chi connectivity index (χ0v) is 8.40. The van der Waals surface area contributed by atoms with Crippen LogP contribution in [0.25, 0.3) is 0 Å². The van der Waals surface area contributed by atoms with Crippen LogP contribution in [-0.2, 0) is 9.90 Å². The molecule has 0 N–H and O–H groups in total. The Bertz CT molecular complexity index is 280. The van der Waals surface area contributed by atoms with Gasteiger partial charge < -0.3 is 0 Å². The lowest BCUT2D eigenvalue weighted by Gasteiger charge is -2.06. The van der Waals surface area contributed by atoms with Crippen molar-refractivity contribution in [3.8, 4) is 0 Å². The molecule has 1 radical (unpaired) electrons. The van der Waals surface area contributed by atoms with Gasteiger partial charge in [-0.15, -0.1) is 0 Å². The van der Waals surface area contributed by atoms with Crippen LogP contribution in [0.5, 0.6) is 0 Å². The number of Topliss-reactive ketones (excluding diaryl/α,β-unsaturated/α-hetero) is 1. The van der Waals surface area contributed by atoms with Gasteiger partial charge in [0.1, 0.15) is 0 Å². The number of ketones is 1. The van der Waals surface area contributed by atoms with E-state index in [-0.39, 0.29) is 5.78 Å². The Morgan fingerprint density at radius 2 is 1.93 bits per heavy atom. The minimum Gasteiger partial charge on any atom is -0.296 e. The van der Waals surface area contributed by atoms with Gasteiger partial charge in [0.05, 0.1) is 0 Å². The van der Waals surface area contributed by atoms with Crippen molar-refractivity contribution in [3.05, 3.63) is 35.9 Å². The van der Waals surface area contributed by atoms with Gasteiger partial charge in [0.2, 0.25) is 0 Å². The van der Waals surface area contributed by atoms with Crippen molar-refractivity contribution in [2.45, 2.75) is 32.3 Å². The molecular formula is C12H15O2. The summed E-state index contributed by atoms with van der Waals surface area (Å²) >= 11 is 0. The van der Waals surface area contributed by atoms with E-state index in [4.69, 9.17) is 0 Å². The van der Waals surface area contributed by atoms with E-state index in [9.17, 15) is 9.90 Å². The first-order chi connectivity index (χ1) is 6.75. The van der Waals surface area contributed by atoms with Gasteiger partial charge in [-0.3, -0.25) is 4.79 Å². The number of hydrogen-bond acceptors (Lipinski definition) is 1. The predicted octanol–water partition coefficient (Wildman–Crippen LogP) is 2.92. The highest BCUT2D eigenvalue weighted by Gasteiger charge is 2.17. The van der Waals surface area contributed by atoms with E-state index < -0.39 is 6.10 Å². The van der Waals surface area contributed by atoms with Crippen LogP contribution in [0.2, 0.25) is 0 Å². The van der Waals surface area contributed by atoms with Crippen molar-refractivity contribution in [1.29, 1.82) is 0 Å². The SMILES string of the molecule is CCCCC(=O)C([O])c1ccccc1. The van der Waals surface area contributed by atoms with E-state index in [0.29, 0.717) is 12.0 Å². The van der Waals surface area contributed by atoms with Crippen molar-refractivity contribution < 1.29 is 9.90 Å². The average molecular weight is 191 g/mol. The molecule has 1 unspecified atom stereocenters. The molecule has 0 aromatic heterocycles. The smallest absolute Gasteiger partial charge is 0.176 e. The molecule has 1 atom stereocenters. The van der Waals surface area contributed by atoms with E-state index in [2.05, 4.69) is 0 Å². The fraction of sp³-hybridized carbons (Fsp3) is 0.417. The molecule has 75 valence electrons. The van der Waals surface area contributed by atoms with Gasteiger partial charge in [-0.05, 0) is 12.0 Å². The lowest BCUT2D eigenvalue weighted by Crippen LogP contribution is -2.10. The molecular weight excluding hydrogens is 176 g/mol. The normalized spacial score (nSPS) is 12.4. The molecule has 2 heteroatoms. The summed E-state index contributed by atoms with van der Waals surface area (Å²) in [5, 5.41) is 11.6. The molecule has 1 aromatic carbocycles. The summed E-state index contributed by atoms with van der Waals surface area (Å²) in [4.78, 5) is 11.4. The molecule has 1 rings (SSSR count). The van der Waals surface area contributed by atoms with Gasteiger partial charge in [0, 0.05) is 6.42 Å². The van der Waals surface area contributed by atoms with Crippen LogP contribution in [0.15, 0.2) is 30.3 Å². The van der Waals surface area contributed by atoms with Crippen LogP contribution in [-0.4, -0.2) is 5.78 Å². The number of rotatable bonds is 5. The molecule has 1 aromatic rings. The lowest BCUT2D eigenvalue weighted by atomic mass is 10.0. The fourth-order valence-corrected chi connectivity index (χ4v) is 1.30. The van der Waals surface area contributed by atoms with Crippen LogP contribution in [0.1, 0.15) is 37.9 Å². The number of carbonyl (C=O) groups is 1. The highest BCUT2D eigenvalue weighted by molar-refractivity contribution is 5.83. The average Bonchev–Trinajstić information content (AvgIpc) is 2.26. The molecule has 0 aliphatic heterocycles. The second-order valence-corrected chi connectivity index (χ2v) is 3.36. The second-order valence-electron chi connectivity index (χ2n) is 3.36. The summed E-state index contributed by atoms with van der Waals surface area (Å²) in [6.45, 7) is 2.01. The van der Waals surface area contributed by atoms with Crippen LogP contribution >= 0.6 is 0 Å². The Hall–Kier alpha value is -1.15. The molecule has 0 bridgehead atoms. The van der Waals surface area contributed by atoms with Crippen molar-refractivity contribution in [1.82, 2.24) is 0 Å². The maximum absolute atomic E-state index is 11.6. The first-order valence-electron chi connectivity index (χ1n) is 4.99. The Morgan fingerprint density at radius 3 is 2.50 bits per heavy atom. The quantitative estimate of drug-likeness (QED) is 0.705. The topological polar surface area (TPSA) is 37.0 Å².